The van der Waals surface area contributed by atoms with Gasteiger partial charge in [0, 0.05) is 12.5 Å². The molecule has 3 nitrogen and oxygen atoms in total. The molecule has 2 aromatic carbocycles. The Morgan fingerprint density at radius 2 is 1.67 bits per heavy atom. The second-order valence-electron chi connectivity index (χ2n) is 6.79. The summed E-state index contributed by atoms with van der Waals surface area (Å²) in [5.74, 6) is 1.06. The van der Waals surface area contributed by atoms with Crippen LogP contribution in [-0.2, 0) is 22.5 Å². The van der Waals surface area contributed by atoms with E-state index in [1.165, 1.54) is 5.56 Å². The Labute approximate surface area is 164 Å². The summed E-state index contributed by atoms with van der Waals surface area (Å²) < 4.78 is 17.5. The first-order chi connectivity index (χ1) is 13.2. The third-order valence-corrected chi connectivity index (χ3v) is 4.76. The Morgan fingerprint density at radius 1 is 0.963 bits per heavy atom. The maximum atomic E-state index is 6.23. The third kappa shape index (κ3) is 6.85. The topological polar surface area (TPSA) is 27.7 Å². The standard InChI is InChI=1S/C24H32O3/c1-5-16-26-24(6-2)23(17-20-10-8-7-9-11-20)19(3)27-18-21-12-14-22(25-4)15-13-21/h6-15,19,23-24H,2,5,16-18H2,1,3-4H3. The Morgan fingerprint density at radius 3 is 2.26 bits per heavy atom. The number of ether oxygens (including phenoxy) is 3. The first-order valence-corrected chi connectivity index (χ1v) is 9.70. The van der Waals surface area contributed by atoms with Crippen molar-refractivity contribution in [3.8, 4) is 5.75 Å². The van der Waals surface area contributed by atoms with Crippen LogP contribution in [0.4, 0.5) is 0 Å². The number of rotatable bonds is 12. The lowest BCUT2D eigenvalue weighted by atomic mass is 9.89. The molecule has 0 aromatic heterocycles. The van der Waals surface area contributed by atoms with Gasteiger partial charge in [-0.05, 0) is 43.0 Å². The number of hydrogen-bond acceptors (Lipinski definition) is 3. The van der Waals surface area contributed by atoms with Gasteiger partial charge in [-0.1, -0.05) is 55.5 Å². The molecule has 3 heteroatoms. The summed E-state index contributed by atoms with van der Waals surface area (Å²) in [4.78, 5) is 0. The summed E-state index contributed by atoms with van der Waals surface area (Å²) >= 11 is 0. The summed E-state index contributed by atoms with van der Waals surface area (Å²) in [6, 6.07) is 18.5. The molecule has 0 aliphatic rings. The average Bonchev–Trinajstić information content (AvgIpc) is 2.72. The fourth-order valence-corrected chi connectivity index (χ4v) is 3.13. The Bertz CT molecular complexity index is 651. The average molecular weight is 369 g/mol. The lowest BCUT2D eigenvalue weighted by Gasteiger charge is -2.30. The largest absolute Gasteiger partial charge is 0.497 e. The molecule has 0 bridgehead atoms. The molecule has 2 aromatic rings. The highest BCUT2D eigenvalue weighted by Crippen LogP contribution is 2.23. The van der Waals surface area contributed by atoms with Crippen molar-refractivity contribution in [1.29, 1.82) is 0 Å². The summed E-state index contributed by atoms with van der Waals surface area (Å²) in [5, 5.41) is 0. The van der Waals surface area contributed by atoms with Crippen LogP contribution < -0.4 is 4.74 Å². The molecule has 3 unspecified atom stereocenters. The smallest absolute Gasteiger partial charge is 0.118 e. The fraction of sp³-hybridized carbons (Fsp3) is 0.417. The molecule has 146 valence electrons. The van der Waals surface area contributed by atoms with E-state index in [-0.39, 0.29) is 18.1 Å². The van der Waals surface area contributed by atoms with Gasteiger partial charge in [0.2, 0.25) is 0 Å². The molecule has 0 N–H and O–H groups in total. The third-order valence-electron chi connectivity index (χ3n) is 4.76. The van der Waals surface area contributed by atoms with E-state index in [9.17, 15) is 0 Å². The monoisotopic (exact) mass is 368 g/mol. The summed E-state index contributed by atoms with van der Waals surface area (Å²) in [6.45, 7) is 9.54. The van der Waals surface area contributed by atoms with Crippen molar-refractivity contribution in [3.63, 3.8) is 0 Å². The maximum absolute atomic E-state index is 6.23. The predicted molar refractivity (Wildman–Crippen MR) is 111 cm³/mol. The van der Waals surface area contributed by atoms with Crippen molar-refractivity contribution in [3.05, 3.63) is 78.4 Å². The van der Waals surface area contributed by atoms with Gasteiger partial charge in [-0.15, -0.1) is 6.58 Å². The second kappa shape index (κ2) is 11.6. The minimum Gasteiger partial charge on any atom is -0.497 e. The Kier molecular flexibility index (Phi) is 9.09. The van der Waals surface area contributed by atoms with Gasteiger partial charge in [0.15, 0.2) is 0 Å². The van der Waals surface area contributed by atoms with E-state index in [1.54, 1.807) is 7.11 Å². The molecule has 0 aliphatic heterocycles. The first kappa shape index (κ1) is 21.2. The molecule has 0 saturated heterocycles. The second-order valence-corrected chi connectivity index (χ2v) is 6.79. The predicted octanol–water partition coefficient (Wildman–Crippen LogP) is 5.44. The van der Waals surface area contributed by atoms with Crippen LogP contribution in [-0.4, -0.2) is 25.9 Å². The van der Waals surface area contributed by atoms with Crippen LogP contribution >= 0.6 is 0 Å². The van der Waals surface area contributed by atoms with Crippen molar-refractivity contribution in [2.24, 2.45) is 5.92 Å². The van der Waals surface area contributed by atoms with Crippen LogP contribution in [0.15, 0.2) is 67.3 Å². The molecular formula is C24H32O3. The van der Waals surface area contributed by atoms with Crippen molar-refractivity contribution in [1.82, 2.24) is 0 Å². The summed E-state index contributed by atoms with van der Waals surface area (Å²) in [5.41, 5.74) is 2.42. The van der Waals surface area contributed by atoms with E-state index in [2.05, 4.69) is 44.7 Å². The summed E-state index contributed by atoms with van der Waals surface area (Å²) in [7, 11) is 1.67. The number of methoxy groups -OCH3 is 1. The molecular weight excluding hydrogens is 336 g/mol. The zero-order valence-electron chi connectivity index (χ0n) is 16.8. The molecule has 0 fully saturated rings. The molecule has 27 heavy (non-hydrogen) atoms. The molecule has 2 rings (SSSR count). The van der Waals surface area contributed by atoms with Crippen LogP contribution in [0.5, 0.6) is 5.75 Å². The quantitative estimate of drug-likeness (QED) is 0.467. The van der Waals surface area contributed by atoms with Gasteiger partial charge in [-0.25, -0.2) is 0 Å². The van der Waals surface area contributed by atoms with Gasteiger partial charge in [0.25, 0.3) is 0 Å². The zero-order valence-corrected chi connectivity index (χ0v) is 16.8. The van der Waals surface area contributed by atoms with E-state index < -0.39 is 0 Å². The van der Waals surface area contributed by atoms with Crippen LogP contribution in [0.3, 0.4) is 0 Å². The van der Waals surface area contributed by atoms with Gasteiger partial charge in [0.1, 0.15) is 5.75 Å². The van der Waals surface area contributed by atoms with E-state index >= 15 is 0 Å². The molecule has 0 spiro atoms. The molecule has 3 atom stereocenters. The van der Waals surface area contributed by atoms with Crippen LogP contribution in [0, 0.1) is 5.92 Å². The number of benzene rings is 2. The van der Waals surface area contributed by atoms with Gasteiger partial charge in [-0.2, -0.15) is 0 Å². The van der Waals surface area contributed by atoms with Gasteiger partial charge < -0.3 is 14.2 Å². The first-order valence-electron chi connectivity index (χ1n) is 9.70. The minimum absolute atomic E-state index is 0.0315. The lowest BCUT2D eigenvalue weighted by molar-refractivity contribution is -0.0460. The molecule has 0 radical (unpaired) electrons. The van der Waals surface area contributed by atoms with Crippen LogP contribution in [0.1, 0.15) is 31.4 Å². The van der Waals surface area contributed by atoms with E-state index in [4.69, 9.17) is 14.2 Å². The van der Waals surface area contributed by atoms with Gasteiger partial charge in [-0.3, -0.25) is 0 Å². The van der Waals surface area contributed by atoms with Crippen molar-refractivity contribution in [2.75, 3.05) is 13.7 Å². The SMILES string of the molecule is C=CC(OCCC)C(Cc1ccccc1)C(C)OCc1ccc(OC)cc1. The normalized spacial score (nSPS) is 14.3. The maximum Gasteiger partial charge on any atom is 0.118 e. The van der Waals surface area contributed by atoms with Crippen molar-refractivity contribution in [2.45, 2.75) is 45.5 Å². The Balaban J connectivity index is 2.05. The molecule has 0 amide bonds. The Hall–Kier alpha value is -2.10. The van der Waals surface area contributed by atoms with Crippen molar-refractivity contribution < 1.29 is 14.2 Å². The molecule has 0 saturated carbocycles. The van der Waals surface area contributed by atoms with E-state index in [0.717, 1.165) is 30.8 Å². The summed E-state index contributed by atoms with van der Waals surface area (Å²) in [6.07, 6.45) is 3.80. The van der Waals surface area contributed by atoms with Gasteiger partial charge >= 0.3 is 0 Å². The van der Waals surface area contributed by atoms with Crippen LogP contribution in [0.2, 0.25) is 0 Å². The molecule has 0 aliphatic carbocycles. The highest BCUT2D eigenvalue weighted by atomic mass is 16.5. The number of hydrogen-bond donors (Lipinski definition) is 0. The van der Waals surface area contributed by atoms with Gasteiger partial charge in [0.05, 0.1) is 25.9 Å². The van der Waals surface area contributed by atoms with E-state index in [0.29, 0.717) is 6.61 Å². The highest BCUT2D eigenvalue weighted by molar-refractivity contribution is 5.26. The zero-order chi connectivity index (χ0) is 19.5. The van der Waals surface area contributed by atoms with Crippen molar-refractivity contribution >= 4 is 0 Å². The lowest BCUT2D eigenvalue weighted by Crippen LogP contribution is -2.34. The minimum atomic E-state index is -0.0315. The van der Waals surface area contributed by atoms with E-state index in [1.807, 2.05) is 36.4 Å². The fourth-order valence-electron chi connectivity index (χ4n) is 3.13. The highest BCUT2D eigenvalue weighted by Gasteiger charge is 2.26. The van der Waals surface area contributed by atoms with Crippen LogP contribution in [0.25, 0.3) is 0 Å². The molecule has 0 heterocycles.